The third-order valence-electron chi connectivity index (χ3n) is 5.50. The van der Waals surface area contributed by atoms with Crippen molar-refractivity contribution in [1.82, 2.24) is 5.32 Å². The Kier molecular flexibility index (Phi) is 7.14. The molecule has 140 valence electrons. The van der Waals surface area contributed by atoms with Crippen LogP contribution in [0.1, 0.15) is 38.7 Å². The maximum Gasteiger partial charge on any atom is 0.224 e. The molecule has 2 aliphatic carbocycles. The smallest absolute Gasteiger partial charge is 0.224 e. The molecule has 0 saturated heterocycles. The quantitative estimate of drug-likeness (QED) is 0.779. The second-order valence-electron chi connectivity index (χ2n) is 7.83. The zero-order chi connectivity index (χ0) is 17.1. The van der Waals surface area contributed by atoms with Crippen molar-refractivity contribution >= 4 is 18.3 Å². The van der Waals surface area contributed by atoms with Gasteiger partial charge in [0.25, 0.3) is 0 Å². The molecule has 2 saturated carbocycles. The van der Waals surface area contributed by atoms with Crippen molar-refractivity contribution in [3.8, 4) is 5.75 Å². The van der Waals surface area contributed by atoms with E-state index in [1.807, 2.05) is 12.1 Å². The molecule has 4 unspecified atom stereocenters. The van der Waals surface area contributed by atoms with Crippen molar-refractivity contribution in [3.05, 3.63) is 29.8 Å². The number of hydrogen-bond donors (Lipinski definition) is 2. The molecule has 2 bridgehead atoms. The number of fused-ring (bicyclic) bond motifs is 2. The monoisotopic (exact) mass is 366 g/mol. The molecule has 25 heavy (non-hydrogen) atoms. The molecule has 1 aromatic rings. The van der Waals surface area contributed by atoms with E-state index in [1.165, 1.54) is 18.4 Å². The van der Waals surface area contributed by atoms with Crippen molar-refractivity contribution < 1.29 is 9.53 Å². The van der Waals surface area contributed by atoms with E-state index < -0.39 is 0 Å². The summed E-state index contributed by atoms with van der Waals surface area (Å²) >= 11 is 0. The molecule has 4 nitrogen and oxygen atoms in total. The first-order valence-corrected chi connectivity index (χ1v) is 9.29. The topological polar surface area (TPSA) is 64.3 Å². The molecule has 4 atom stereocenters. The average Bonchev–Trinajstić information content (AvgIpc) is 3.15. The number of carbonyl (C=O) groups excluding carboxylic acids is 1. The highest BCUT2D eigenvalue weighted by molar-refractivity contribution is 5.85. The van der Waals surface area contributed by atoms with Gasteiger partial charge in [-0.2, -0.15) is 0 Å². The van der Waals surface area contributed by atoms with Gasteiger partial charge in [0.2, 0.25) is 5.91 Å². The van der Waals surface area contributed by atoms with Crippen LogP contribution >= 0.6 is 12.4 Å². The highest BCUT2D eigenvalue weighted by Crippen LogP contribution is 2.47. The first-order valence-electron chi connectivity index (χ1n) is 9.29. The SMILES string of the molecule is CC(C)COc1ccc(CCNC(=O)C2C3CCC(C3)C2N)cc1.Cl. The Hall–Kier alpha value is -1.26. The van der Waals surface area contributed by atoms with Crippen molar-refractivity contribution in [2.75, 3.05) is 13.2 Å². The van der Waals surface area contributed by atoms with Gasteiger partial charge in [0.15, 0.2) is 0 Å². The second kappa shape index (κ2) is 8.91. The van der Waals surface area contributed by atoms with E-state index in [1.54, 1.807) is 0 Å². The summed E-state index contributed by atoms with van der Waals surface area (Å²) in [5.41, 5.74) is 7.45. The Morgan fingerprint density at radius 2 is 1.92 bits per heavy atom. The van der Waals surface area contributed by atoms with Crippen LogP contribution in [0.5, 0.6) is 5.75 Å². The molecular weight excluding hydrogens is 336 g/mol. The fraction of sp³-hybridized carbons (Fsp3) is 0.650. The maximum absolute atomic E-state index is 12.4. The van der Waals surface area contributed by atoms with Crippen LogP contribution in [0.15, 0.2) is 24.3 Å². The van der Waals surface area contributed by atoms with E-state index >= 15 is 0 Å². The number of carbonyl (C=O) groups is 1. The number of hydrogen-bond acceptors (Lipinski definition) is 3. The molecule has 3 N–H and O–H groups in total. The standard InChI is InChI=1S/C20H30N2O2.ClH/c1-13(2)12-24-17-7-3-14(4-8-17)9-10-22-20(23)18-15-5-6-16(11-15)19(18)21;/h3-4,7-8,13,15-16,18-19H,5-6,9-12,21H2,1-2H3,(H,22,23);1H. The summed E-state index contributed by atoms with van der Waals surface area (Å²) in [6.45, 7) is 5.68. The van der Waals surface area contributed by atoms with Gasteiger partial charge in [-0.15, -0.1) is 12.4 Å². The number of halogens is 1. The molecule has 0 aliphatic heterocycles. The highest BCUT2D eigenvalue weighted by Gasteiger charge is 2.48. The van der Waals surface area contributed by atoms with Crippen molar-refractivity contribution in [3.63, 3.8) is 0 Å². The zero-order valence-corrected chi connectivity index (χ0v) is 16.1. The number of nitrogens with two attached hydrogens (primary N) is 1. The minimum atomic E-state index is 0. The number of ether oxygens (including phenoxy) is 1. The fourth-order valence-electron chi connectivity index (χ4n) is 4.19. The Labute approximate surface area is 157 Å². The molecule has 2 fully saturated rings. The van der Waals surface area contributed by atoms with Gasteiger partial charge in [0.1, 0.15) is 5.75 Å². The minimum absolute atomic E-state index is 0. The van der Waals surface area contributed by atoms with Crippen LogP contribution in [0.2, 0.25) is 0 Å². The van der Waals surface area contributed by atoms with Crippen LogP contribution in [0, 0.1) is 23.7 Å². The van der Waals surface area contributed by atoms with Crippen LogP contribution in [0.3, 0.4) is 0 Å². The van der Waals surface area contributed by atoms with E-state index in [0.29, 0.717) is 24.3 Å². The van der Waals surface area contributed by atoms with Gasteiger partial charge in [-0.25, -0.2) is 0 Å². The van der Waals surface area contributed by atoms with E-state index in [9.17, 15) is 4.79 Å². The summed E-state index contributed by atoms with van der Waals surface area (Å²) < 4.78 is 5.69. The first-order chi connectivity index (χ1) is 11.5. The van der Waals surface area contributed by atoms with Gasteiger partial charge in [-0.05, 0) is 61.1 Å². The fourth-order valence-corrected chi connectivity index (χ4v) is 4.19. The van der Waals surface area contributed by atoms with Crippen LogP contribution in [-0.4, -0.2) is 25.1 Å². The number of amides is 1. The Bertz CT molecular complexity index is 559. The van der Waals surface area contributed by atoms with E-state index in [-0.39, 0.29) is 30.3 Å². The molecule has 2 aliphatic rings. The Morgan fingerprint density at radius 1 is 1.24 bits per heavy atom. The first kappa shape index (κ1) is 20.1. The summed E-state index contributed by atoms with van der Waals surface area (Å²) in [6, 6.07) is 8.23. The molecule has 0 spiro atoms. The van der Waals surface area contributed by atoms with Gasteiger partial charge >= 0.3 is 0 Å². The summed E-state index contributed by atoms with van der Waals surface area (Å²) in [5, 5.41) is 3.09. The van der Waals surface area contributed by atoms with E-state index in [2.05, 4.69) is 31.3 Å². The zero-order valence-electron chi connectivity index (χ0n) is 15.2. The summed E-state index contributed by atoms with van der Waals surface area (Å²) in [7, 11) is 0. The molecule has 0 heterocycles. The maximum atomic E-state index is 12.4. The summed E-state index contributed by atoms with van der Waals surface area (Å²) in [4.78, 5) is 12.4. The summed E-state index contributed by atoms with van der Waals surface area (Å²) in [5.74, 6) is 2.72. The predicted molar refractivity (Wildman–Crippen MR) is 103 cm³/mol. The van der Waals surface area contributed by atoms with Crippen molar-refractivity contribution in [2.24, 2.45) is 29.4 Å². The molecule has 3 rings (SSSR count). The lowest BCUT2D eigenvalue weighted by molar-refractivity contribution is -0.127. The third kappa shape index (κ3) is 4.89. The number of benzene rings is 1. The average molecular weight is 367 g/mol. The lowest BCUT2D eigenvalue weighted by Gasteiger charge is -2.27. The molecule has 5 heteroatoms. The van der Waals surface area contributed by atoms with Crippen molar-refractivity contribution in [2.45, 2.75) is 45.6 Å². The number of rotatable bonds is 7. The van der Waals surface area contributed by atoms with Crippen LogP contribution in [0.25, 0.3) is 0 Å². The van der Waals surface area contributed by atoms with Gasteiger partial charge in [0, 0.05) is 12.6 Å². The molecular formula is C20H31ClN2O2. The highest BCUT2D eigenvalue weighted by atomic mass is 35.5. The van der Waals surface area contributed by atoms with Gasteiger partial charge < -0.3 is 15.8 Å². The van der Waals surface area contributed by atoms with E-state index in [0.717, 1.165) is 25.2 Å². The molecule has 0 radical (unpaired) electrons. The molecule has 1 aromatic carbocycles. The lowest BCUT2D eigenvalue weighted by atomic mass is 9.84. The molecule has 0 aromatic heterocycles. The largest absolute Gasteiger partial charge is 0.493 e. The third-order valence-corrected chi connectivity index (χ3v) is 5.50. The molecule has 1 amide bonds. The Morgan fingerprint density at radius 3 is 2.52 bits per heavy atom. The van der Waals surface area contributed by atoms with E-state index in [4.69, 9.17) is 10.5 Å². The van der Waals surface area contributed by atoms with Crippen LogP contribution < -0.4 is 15.8 Å². The van der Waals surface area contributed by atoms with Gasteiger partial charge in [-0.3, -0.25) is 4.79 Å². The predicted octanol–water partition coefficient (Wildman–Crippen LogP) is 3.18. The normalized spacial score (nSPS) is 27.2. The van der Waals surface area contributed by atoms with Crippen LogP contribution in [-0.2, 0) is 11.2 Å². The Balaban J connectivity index is 0.00000225. The van der Waals surface area contributed by atoms with Crippen molar-refractivity contribution in [1.29, 1.82) is 0 Å². The second-order valence-corrected chi connectivity index (χ2v) is 7.83. The summed E-state index contributed by atoms with van der Waals surface area (Å²) in [6.07, 6.45) is 4.37. The minimum Gasteiger partial charge on any atom is -0.493 e. The van der Waals surface area contributed by atoms with Gasteiger partial charge in [0.05, 0.1) is 12.5 Å². The lowest BCUT2D eigenvalue weighted by Crippen LogP contribution is -2.45. The van der Waals surface area contributed by atoms with Gasteiger partial charge in [-0.1, -0.05) is 26.0 Å². The number of nitrogens with one attached hydrogen (secondary N) is 1. The van der Waals surface area contributed by atoms with Crippen LogP contribution in [0.4, 0.5) is 0 Å².